The Kier molecular flexibility index (Phi) is 2.48. The minimum Gasteiger partial charge on any atom is -0.306 e. The van der Waals surface area contributed by atoms with Gasteiger partial charge >= 0.3 is 0 Å². The number of nitrogens with zero attached hydrogens (tertiary/aromatic N) is 1. The van der Waals surface area contributed by atoms with Crippen molar-refractivity contribution < 1.29 is 9.60 Å². The molecule has 19 heavy (non-hydrogen) atoms. The van der Waals surface area contributed by atoms with Crippen molar-refractivity contribution in [2.45, 2.75) is 50.8 Å². The molecule has 1 atom stereocenters. The molecule has 0 N–H and O–H groups in total. The minimum atomic E-state index is -2.74. The van der Waals surface area contributed by atoms with E-state index in [4.69, 9.17) is 19.8 Å². The molecule has 2 heteroatoms. The van der Waals surface area contributed by atoms with Gasteiger partial charge in [-0.05, 0) is 56.9 Å². The molecule has 0 spiro atoms. The van der Waals surface area contributed by atoms with Crippen LogP contribution in [0.25, 0.3) is 0 Å². The second-order valence-corrected chi connectivity index (χ2v) is 6.01. The van der Waals surface area contributed by atoms with Crippen molar-refractivity contribution in [2.24, 2.45) is 5.92 Å². The Balaban J connectivity index is 2.91. The summed E-state index contributed by atoms with van der Waals surface area (Å²) in [5.41, 5.74) is -1.79. The Hall–Kier alpha value is -0.530. The lowest BCUT2D eigenvalue weighted by Gasteiger charge is -2.51. The topological polar surface area (TPSA) is 3.24 Å². The molecule has 106 valence electrons. The highest BCUT2D eigenvalue weighted by atomic mass is 35.5. The lowest BCUT2D eigenvalue weighted by Crippen LogP contribution is -2.52. The van der Waals surface area contributed by atoms with E-state index in [1.807, 2.05) is 13.8 Å². The van der Waals surface area contributed by atoms with Crippen LogP contribution < -0.4 is 0 Å². The highest BCUT2D eigenvalue weighted by Crippen LogP contribution is 2.49. The Morgan fingerprint density at radius 3 is 2.37 bits per heavy atom. The van der Waals surface area contributed by atoms with Crippen LogP contribution in [-0.2, 0) is 5.41 Å². The SMILES string of the molecule is [2H]C(CC(C)C)(N(C)C)C1(c2ccc(Cl)cc2)C([2H])([2H])C([2H])([2H])C1([2H])[2H]. The number of likely N-dealkylation sites (N-methyl/N-ethyl adjacent to an activating group) is 1. The molecule has 1 fully saturated rings. The molecule has 1 aliphatic rings. The van der Waals surface area contributed by atoms with Crippen molar-refractivity contribution >= 4 is 11.6 Å². The molecular formula is C17H26ClN. The predicted octanol–water partition coefficient (Wildman–Crippen LogP) is 4.74. The van der Waals surface area contributed by atoms with E-state index >= 15 is 0 Å². The van der Waals surface area contributed by atoms with Crippen molar-refractivity contribution in [1.82, 2.24) is 4.90 Å². The summed E-state index contributed by atoms with van der Waals surface area (Å²) in [6, 6.07) is 4.38. The quantitative estimate of drug-likeness (QED) is 0.756. The number of hydrogen-bond donors (Lipinski definition) is 0. The van der Waals surface area contributed by atoms with E-state index in [9.17, 15) is 1.37 Å². The van der Waals surface area contributed by atoms with Gasteiger partial charge in [0.2, 0.25) is 0 Å². The summed E-state index contributed by atoms with van der Waals surface area (Å²) >= 11 is 5.96. The van der Waals surface area contributed by atoms with Gasteiger partial charge in [0.05, 0.1) is 0 Å². The van der Waals surface area contributed by atoms with Crippen molar-refractivity contribution in [1.29, 1.82) is 0 Å². The lowest BCUT2D eigenvalue weighted by atomic mass is 9.58. The summed E-state index contributed by atoms with van der Waals surface area (Å²) in [6.07, 6.45) is -7.76. The maximum atomic E-state index is 9.24. The number of hydrogen-bond acceptors (Lipinski definition) is 1. The molecule has 0 heterocycles. The predicted molar refractivity (Wildman–Crippen MR) is 83.9 cm³/mol. The van der Waals surface area contributed by atoms with Crippen molar-refractivity contribution in [3.8, 4) is 0 Å². The van der Waals surface area contributed by atoms with Crippen molar-refractivity contribution in [3.63, 3.8) is 0 Å². The molecular weight excluding hydrogens is 254 g/mol. The fourth-order valence-electron chi connectivity index (χ4n) is 2.40. The molecule has 0 radical (unpaired) electrons. The Morgan fingerprint density at radius 1 is 1.32 bits per heavy atom. The van der Waals surface area contributed by atoms with Crippen LogP contribution in [0.1, 0.15) is 54.5 Å². The molecule has 0 aromatic heterocycles. The molecule has 1 aromatic rings. The number of benzene rings is 1. The molecule has 0 amide bonds. The van der Waals surface area contributed by atoms with Gasteiger partial charge < -0.3 is 4.90 Å². The van der Waals surface area contributed by atoms with Crippen LogP contribution in [0.4, 0.5) is 0 Å². The number of rotatable bonds is 5. The van der Waals surface area contributed by atoms with Crippen LogP contribution in [0.3, 0.4) is 0 Å². The van der Waals surface area contributed by atoms with Gasteiger partial charge in [0, 0.05) is 26.1 Å². The smallest absolute Gasteiger partial charge is 0.0476 e. The molecule has 1 nitrogen and oxygen atoms in total. The molecule has 2 rings (SSSR count). The van der Waals surface area contributed by atoms with E-state index < -0.39 is 30.6 Å². The summed E-state index contributed by atoms with van der Waals surface area (Å²) in [7, 11) is 3.24. The Bertz CT molecular complexity index is 654. The maximum Gasteiger partial charge on any atom is 0.0476 e. The lowest BCUT2D eigenvalue weighted by molar-refractivity contribution is 0.0808. The summed E-state index contributed by atoms with van der Waals surface area (Å²) < 4.78 is 59.8. The molecule has 1 aliphatic carbocycles. The molecule has 1 saturated carbocycles. The standard InChI is InChI=1S/C17H26ClN/c1-13(2)12-16(19(3)4)17(10-5-11-17)14-6-8-15(18)9-7-14/h6-9,13,16H,5,10-12H2,1-4H3/i5D2,10D2,11D2,16D. The molecule has 0 aliphatic heterocycles. The van der Waals surface area contributed by atoms with Gasteiger partial charge in [0.1, 0.15) is 0 Å². The fraction of sp³-hybridized carbons (Fsp3) is 0.647. The second kappa shape index (κ2) is 5.85. The monoisotopic (exact) mass is 286 g/mol. The average molecular weight is 287 g/mol. The van der Waals surface area contributed by atoms with E-state index in [-0.39, 0.29) is 17.9 Å². The summed E-state index contributed by atoms with van der Waals surface area (Å²) in [5.74, 6) is -0.0165. The third kappa shape index (κ3) is 2.98. The van der Waals surface area contributed by atoms with Gasteiger partial charge in [-0.15, -0.1) is 0 Å². The first-order chi connectivity index (χ1) is 11.6. The van der Waals surface area contributed by atoms with Gasteiger partial charge in [-0.1, -0.05) is 44.0 Å². The van der Waals surface area contributed by atoms with E-state index in [1.54, 1.807) is 14.1 Å². The summed E-state index contributed by atoms with van der Waals surface area (Å²) in [4.78, 5) is 1.51. The van der Waals surface area contributed by atoms with Gasteiger partial charge in [-0.2, -0.15) is 0 Å². The Morgan fingerprint density at radius 2 is 1.89 bits per heavy atom. The minimum absolute atomic E-state index is 0.0165. The highest BCUT2D eigenvalue weighted by Gasteiger charge is 2.46. The van der Waals surface area contributed by atoms with Crippen LogP contribution in [0.2, 0.25) is 5.02 Å². The summed E-state index contributed by atoms with van der Waals surface area (Å²) in [6.45, 7) is 3.78. The van der Waals surface area contributed by atoms with Crippen LogP contribution in [-0.4, -0.2) is 25.0 Å². The van der Waals surface area contributed by atoms with Crippen LogP contribution in [0.5, 0.6) is 0 Å². The zero-order chi connectivity index (χ0) is 20.3. The van der Waals surface area contributed by atoms with Gasteiger partial charge in [0.15, 0.2) is 0 Å². The van der Waals surface area contributed by atoms with E-state index in [0.29, 0.717) is 5.02 Å². The normalized spacial score (nSPS) is 34.6. The van der Waals surface area contributed by atoms with E-state index in [1.165, 1.54) is 29.2 Å². The third-order valence-corrected chi connectivity index (χ3v) is 3.60. The maximum absolute atomic E-state index is 9.24. The molecule has 1 unspecified atom stereocenters. The van der Waals surface area contributed by atoms with Crippen LogP contribution in [0.15, 0.2) is 24.3 Å². The van der Waals surface area contributed by atoms with Crippen LogP contribution >= 0.6 is 11.6 Å². The van der Waals surface area contributed by atoms with Gasteiger partial charge in [0.25, 0.3) is 0 Å². The first-order valence-electron chi connectivity index (χ1n) is 10.0. The van der Waals surface area contributed by atoms with E-state index in [2.05, 4.69) is 0 Å². The van der Waals surface area contributed by atoms with Crippen molar-refractivity contribution in [2.75, 3.05) is 14.1 Å². The first-order valence-corrected chi connectivity index (χ1v) is 6.92. The molecule has 1 aromatic carbocycles. The molecule has 0 bridgehead atoms. The molecule has 0 saturated heterocycles. The van der Waals surface area contributed by atoms with E-state index in [0.717, 1.165) is 0 Å². The van der Waals surface area contributed by atoms with Gasteiger partial charge in [-0.3, -0.25) is 0 Å². The zero-order valence-electron chi connectivity index (χ0n) is 18.9. The summed E-state index contributed by atoms with van der Waals surface area (Å²) in [5, 5.41) is 0.414. The third-order valence-electron chi connectivity index (χ3n) is 3.35. The number of halogens is 1. The highest BCUT2D eigenvalue weighted by molar-refractivity contribution is 6.30. The van der Waals surface area contributed by atoms with Crippen LogP contribution in [0, 0.1) is 5.92 Å². The Labute approximate surface area is 132 Å². The zero-order valence-corrected chi connectivity index (χ0v) is 12.7. The average Bonchev–Trinajstić information content (AvgIpc) is 2.47. The second-order valence-electron chi connectivity index (χ2n) is 5.57. The fourth-order valence-corrected chi connectivity index (χ4v) is 2.53. The van der Waals surface area contributed by atoms with Crippen molar-refractivity contribution in [3.05, 3.63) is 34.9 Å². The largest absolute Gasteiger partial charge is 0.306 e. The first kappa shape index (κ1) is 8.05. The van der Waals surface area contributed by atoms with Gasteiger partial charge in [-0.25, -0.2) is 0 Å².